The molecule has 0 bridgehead atoms. The fourth-order valence-corrected chi connectivity index (χ4v) is 2.17. The van der Waals surface area contributed by atoms with Crippen LogP contribution in [0, 0.1) is 11.3 Å². The molecule has 0 spiro atoms. The number of hydrogen-bond donors (Lipinski definition) is 0. The molecular weight excluding hydrogens is 392 g/mol. The lowest BCUT2D eigenvalue weighted by Crippen LogP contribution is -2.31. The third kappa shape index (κ3) is 8.25. The lowest BCUT2D eigenvalue weighted by Gasteiger charge is -2.25. The summed E-state index contributed by atoms with van der Waals surface area (Å²) in [6, 6.07) is 0. The molecule has 0 aliphatic rings. The molecule has 0 heterocycles. The van der Waals surface area contributed by atoms with Crippen LogP contribution in [0.25, 0.3) is 0 Å². The number of alkyl halides is 2. The van der Waals surface area contributed by atoms with E-state index >= 15 is 0 Å². The Balaban J connectivity index is 4.21. The summed E-state index contributed by atoms with van der Waals surface area (Å²) in [5, 5.41) is 1.61. The third-order valence-electron chi connectivity index (χ3n) is 2.80. The Morgan fingerprint density at radius 1 is 1.05 bits per heavy atom. The van der Waals surface area contributed by atoms with Gasteiger partial charge in [-0.1, -0.05) is 38.8 Å². The van der Waals surface area contributed by atoms with Crippen LogP contribution in [0.1, 0.15) is 40.0 Å². The third-order valence-corrected chi connectivity index (χ3v) is 3.93. The van der Waals surface area contributed by atoms with Crippen molar-refractivity contribution in [1.29, 1.82) is 0 Å². The van der Waals surface area contributed by atoms with Crippen LogP contribution in [0.3, 0.4) is 0 Å². The van der Waals surface area contributed by atoms with Crippen molar-refractivity contribution in [3.8, 4) is 0 Å². The zero-order chi connectivity index (χ0) is 15.6. The second kappa shape index (κ2) is 10.6. The van der Waals surface area contributed by atoms with Crippen LogP contribution in [0.2, 0.25) is 0 Å². The van der Waals surface area contributed by atoms with Crippen molar-refractivity contribution in [1.82, 2.24) is 0 Å². The van der Waals surface area contributed by atoms with Gasteiger partial charge >= 0.3 is 11.9 Å². The van der Waals surface area contributed by atoms with Gasteiger partial charge in [-0.05, 0) is 33.1 Å². The molecular formula is C14H24Br2O4. The van der Waals surface area contributed by atoms with Gasteiger partial charge in [-0.15, -0.1) is 0 Å². The number of ether oxygens (including phenoxy) is 2. The maximum Gasteiger partial charge on any atom is 0.311 e. The Morgan fingerprint density at radius 3 is 2.05 bits per heavy atom. The Hall–Kier alpha value is -0.100. The summed E-state index contributed by atoms with van der Waals surface area (Å²) in [6.45, 7) is 6.18. The van der Waals surface area contributed by atoms with E-state index in [4.69, 9.17) is 9.47 Å². The van der Waals surface area contributed by atoms with Crippen molar-refractivity contribution < 1.29 is 19.1 Å². The molecule has 0 aliphatic heterocycles. The zero-order valence-corrected chi connectivity index (χ0v) is 15.6. The number of carbonyl (C=O) groups is 2. The minimum Gasteiger partial charge on any atom is -0.465 e. The monoisotopic (exact) mass is 414 g/mol. The van der Waals surface area contributed by atoms with Crippen LogP contribution < -0.4 is 0 Å². The van der Waals surface area contributed by atoms with Crippen LogP contribution in [-0.2, 0) is 19.1 Å². The van der Waals surface area contributed by atoms with Crippen molar-refractivity contribution >= 4 is 43.8 Å². The summed E-state index contributed by atoms with van der Waals surface area (Å²) in [5.74, 6) is -0.838. The highest BCUT2D eigenvalue weighted by atomic mass is 79.9. The Morgan fingerprint density at radius 2 is 1.55 bits per heavy atom. The van der Waals surface area contributed by atoms with Crippen LogP contribution >= 0.6 is 31.9 Å². The van der Waals surface area contributed by atoms with Crippen LogP contribution in [-0.4, -0.2) is 35.8 Å². The first-order valence-corrected chi connectivity index (χ1v) is 9.05. The summed E-state index contributed by atoms with van der Waals surface area (Å²) in [4.78, 5) is 23.7. The van der Waals surface area contributed by atoms with Gasteiger partial charge in [-0.2, -0.15) is 0 Å². The summed E-state index contributed by atoms with van der Waals surface area (Å²) >= 11 is 6.56. The van der Waals surface area contributed by atoms with E-state index in [0.29, 0.717) is 19.6 Å². The molecule has 0 aliphatic carbocycles. The zero-order valence-electron chi connectivity index (χ0n) is 12.4. The summed E-state index contributed by atoms with van der Waals surface area (Å²) in [6.07, 6.45) is 2.00. The van der Waals surface area contributed by atoms with E-state index in [-0.39, 0.29) is 17.9 Å². The SMILES string of the molecule is CC(CC(C)(C)C(=O)OCCCBr)C(=O)OCCCBr. The molecule has 6 heteroatoms. The molecule has 1 unspecified atom stereocenters. The minimum atomic E-state index is -0.680. The minimum absolute atomic E-state index is 0.257. The van der Waals surface area contributed by atoms with E-state index in [1.54, 1.807) is 20.8 Å². The number of carbonyl (C=O) groups excluding carboxylic acids is 2. The summed E-state index contributed by atoms with van der Waals surface area (Å²) in [7, 11) is 0. The van der Waals surface area contributed by atoms with E-state index in [1.165, 1.54) is 0 Å². The van der Waals surface area contributed by atoms with E-state index in [2.05, 4.69) is 31.9 Å². The van der Waals surface area contributed by atoms with Gasteiger partial charge in [0.05, 0.1) is 24.5 Å². The molecule has 20 heavy (non-hydrogen) atoms. The molecule has 0 rings (SSSR count). The fourth-order valence-electron chi connectivity index (χ4n) is 1.72. The van der Waals surface area contributed by atoms with Gasteiger partial charge in [0.2, 0.25) is 0 Å². The highest BCUT2D eigenvalue weighted by Gasteiger charge is 2.33. The second-order valence-electron chi connectivity index (χ2n) is 5.38. The average molecular weight is 416 g/mol. The van der Waals surface area contributed by atoms with Crippen molar-refractivity contribution in [2.24, 2.45) is 11.3 Å². The topological polar surface area (TPSA) is 52.6 Å². The lowest BCUT2D eigenvalue weighted by molar-refractivity contribution is -0.157. The highest BCUT2D eigenvalue weighted by Crippen LogP contribution is 2.27. The fraction of sp³-hybridized carbons (Fsp3) is 0.857. The molecule has 0 saturated heterocycles. The van der Waals surface area contributed by atoms with Crippen LogP contribution in [0.4, 0.5) is 0 Å². The standard InChI is InChI=1S/C14H24Br2O4/c1-11(12(17)19-8-4-6-15)10-14(2,3)13(18)20-9-5-7-16/h11H,4-10H2,1-3H3. The molecule has 1 atom stereocenters. The molecule has 0 aromatic carbocycles. The molecule has 0 aromatic heterocycles. The molecule has 0 N–H and O–H groups in total. The first kappa shape index (κ1) is 19.9. The number of hydrogen-bond acceptors (Lipinski definition) is 4. The second-order valence-corrected chi connectivity index (χ2v) is 6.96. The first-order chi connectivity index (χ1) is 9.35. The highest BCUT2D eigenvalue weighted by molar-refractivity contribution is 9.09. The van der Waals surface area contributed by atoms with Crippen LogP contribution in [0.5, 0.6) is 0 Å². The molecule has 118 valence electrons. The van der Waals surface area contributed by atoms with E-state index in [9.17, 15) is 9.59 Å². The van der Waals surface area contributed by atoms with Gasteiger partial charge in [-0.3, -0.25) is 9.59 Å². The largest absolute Gasteiger partial charge is 0.465 e. The van der Waals surface area contributed by atoms with E-state index < -0.39 is 5.41 Å². The van der Waals surface area contributed by atoms with E-state index in [1.807, 2.05) is 0 Å². The summed E-state index contributed by atoms with van der Waals surface area (Å²) in [5.41, 5.74) is -0.680. The van der Waals surface area contributed by atoms with Gasteiger partial charge in [-0.25, -0.2) is 0 Å². The van der Waals surface area contributed by atoms with Crippen molar-refractivity contribution in [2.45, 2.75) is 40.0 Å². The maximum absolute atomic E-state index is 12.0. The number of rotatable bonds is 10. The molecule has 0 aromatic rings. The Labute approximate surface area is 138 Å². The number of esters is 2. The quantitative estimate of drug-likeness (QED) is 0.310. The lowest BCUT2D eigenvalue weighted by atomic mass is 9.83. The smallest absolute Gasteiger partial charge is 0.311 e. The van der Waals surface area contributed by atoms with Crippen LogP contribution in [0.15, 0.2) is 0 Å². The van der Waals surface area contributed by atoms with Gasteiger partial charge in [0.15, 0.2) is 0 Å². The molecule has 0 fully saturated rings. The predicted octanol–water partition coefficient (Wildman–Crippen LogP) is 3.70. The van der Waals surface area contributed by atoms with Gasteiger partial charge < -0.3 is 9.47 Å². The molecule has 0 amide bonds. The first-order valence-electron chi connectivity index (χ1n) is 6.81. The normalized spacial score (nSPS) is 12.8. The van der Waals surface area contributed by atoms with Crippen molar-refractivity contribution in [3.63, 3.8) is 0 Å². The molecule has 0 radical (unpaired) electrons. The van der Waals surface area contributed by atoms with Crippen molar-refractivity contribution in [3.05, 3.63) is 0 Å². The Kier molecular flexibility index (Phi) is 10.5. The average Bonchev–Trinajstić information content (AvgIpc) is 2.38. The van der Waals surface area contributed by atoms with Crippen molar-refractivity contribution in [2.75, 3.05) is 23.9 Å². The van der Waals surface area contributed by atoms with Gasteiger partial charge in [0.1, 0.15) is 0 Å². The van der Waals surface area contributed by atoms with E-state index in [0.717, 1.165) is 23.5 Å². The maximum atomic E-state index is 12.0. The Bertz CT molecular complexity index is 306. The van der Waals surface area contributed by atoms with Gasteiger partial charge in [0, 0.05) is 10.7 Å². The number of halogens is 2. The predicted molar refractivity (Wildman–Crippen MR) is 86.3 cm³/mol. The van der Waals surface area contributed by atoms with Gasteiger partial charge in [0.25, 0.3) is 0 Å². The summed E-state index contributed by atoms with van der Waals surface area (Å²) < 4.78 is 10.3. The molecule has 0 saturated carbocycles. The molecule has 4 nitrogen and oxygen atoms in total.